The van der Waals surface area contributed by atoms with Crippen molar-refractivity contribution in [3.63, 3.8) is 0 Å². The van der Waals surface area contributed by atoms with Crippen LogP contribution in [0.5, 0.6) is 11.5 Å². The molecule has 1 aliphatic heterocycles. The van der Waals surface area contributed by atoms with Gasteiger partial charge in [0.1, 0.15) is 0 Å². The Kier molecular flexibility index (Phi) is 3.08. The summed E-state index contributed by atoms with van der Waals surface area (Å²) in [6.45, 7) is 1.89. The van der Waals surface area contributed by atoms with Gasteiger partial charge < -0.3 is 20.5 Å². The molecular weight excluding hydrogens is 248 g/mol. The third-order valence-electron chi connectivity index (χ3n) is 2.83. The summed E-state index contributed by atoms with van der Waals surface area (Å²) in [5.74, 6) is 1.64. The van der Waals surface area contributed by atoms with Crippen molar-refractivity contribution < 1.29 is 9.47 Å². The largest absolute Gasteiger partial charge is 0.454 e. The van der Waals surface area contributed by atoms with Gasteiger partial charge in [-0.1, -0.05) is 6.07 Å². The van der Waals surface area contributed by atoms with Crippen LogP contribution in [-0.4, -0.2) is 6.79 Å². The van der Waals surface area contributed by atoms with Gasteiger partial charge in [-0.25, -0.2) is 0 Å². The van der Waals surface area contributed by atoms with Gasteiger partial charge in [-0.3, -0.25) is 0 Å². The van der Waals surface area contributed by atoms with E-state index in [2.05, 4.69) is 5.32 Å². The lowest BCUT2D eigenvalue weighted by atomic mass is 10.2. The Morgan fingerprint density at radius 3 is 2.89 bits per heavy atom. The van der Waals surface area contributed by atoms with Gasteiger partial charge in [0.25, 0.3) is 0 Å². The molecule has 2 heterocycles. The molecule has 2 aromatic rings. The van der Waals surface area contributed by atoms with E-state index in [4.69, 9.17) is 15.2 Å². The minimum Gasteiger partial charge on any atom is -0.454 e. The predicted octanol–water partition coefficient (Wildman–Crippen LogP) is 2.35. The summed E-state index contributed by atoms with van der Waals surface area (Å²) in [6.07, 6.45) is 0. The molecule has 3 rings (SSSR count). The Morgan fingerprint density at radius 2 is 2.06 bits per heavy atom. The van der Waals surface area contributed by atoms with Crippen LogP contribution in [0, 0.1) is 0 Å². The molecule has 4 nitrogen and oxygen atoms in total. The van der Waals surface area contributed by atoms with E-state index in [9.17, 15) is 0 Å². The van der Waals surface area contributed by atoms with Crippen molar-refractivity contribution in [3.05, 3.63) is 40.1 Å². The molecule has 0 radical (unpaired) electrons. The first-order valence-corrected chi connectivity index (χ1v) is 6.62. The number of hydrogen-bond acceptors (Lipinski definition) is 5. The van der Waals surface area contributed by atoms with E-state index in [-0.39, 0.29) is 0 Å². The first-order chi connectivity index (χ1) is 8.83. The van der Waals surface area contributed by atoms with Crippen molar-refractivity contribution in [1.82, 2.24) is 5.32 Å². The molecule has 1 aromatic carbocycles. The number of benzene rings is 1. The molecule has 1 aromatic heterocycles. The summed E-state index contributed by atoms with van der Waals surface area (Å²) in [4.78, 5) is 1.18. The van der Waals surface area contributed by atoms with E-state index < -0.39 is 0 Å². The van der Waals surface area contributed by atoms with Gasteiger partial charge in [0.15, 0.2) is 11.5 Å². The standard InChI is InChI=1S/C13H14N2O2S/c14-10-3-4-18-13(10)7-15-6-9-1-2-11-12(5-9)17-8-16-11/h1-5,15H,6-8,14H2. The molecule has 0 aliphatic carbocycles. The highest BCUT2D eigenvalue weighted by molar-refractivity contribution is 7.10. The lowest BCUT2D eigenvalue weighted by Crippen LogP contribution is -2.12. The number of thiophene rings is 1. The zero-order chi connectivity index (χ0) is 12.4. The normalized spacial score (nSPS) is 12.9. The van der Waals surface area contributed by atoms with Gasteiger partial charge in [0.05, 0.1) is 0 Å². The second kappa shape index (κ2) is 4.88. The summed E-state index contributed by atoms with van der Waals surface area (Å²) >= 11 is 1.67. The van der Waals surface area contributed by atoms with E-state index in [0.717, 1.165) is 30.3 Å². The molecule has 0 amide bonds. The zero-order valence-electron chi connectivity index (χ0n) is 9.81. The average Bonchev–Trinajstić information content (AvgIpc) is 2.98. The van der Waals surface area contributed by atoms with Crippen molar-refractivity contribution in [2.45, 2.75) is 13.1 Å². The van der Waals surface area contributed by atoms with Crippen LogP contribution in [-0.2, 0) is 13.1 Å². The highest BCUT2D eigenvalue weighted by Crippen LogP contribution is 2.32. The number of hydrogen-bond donors (Lipinski definition) is 2. The van der Waals surface area contributed by atoms with Crippen molar-refractivity contribution in [2.75, 3.05) is 12.5 Å². The van der Waals surface area contributed by atoms with Gasteiger partial charge in [-0.15, -0.1) is 11.3 Å². The number of rotatable bonds is 4. The van der Waals surface area contributed by atoms with Crippen LogP contribution in [0.3, 0.4) is 0 Å². The van der Waals surface area contributed by atoms with Crippen LogP contribution in [0.15, 0.2) is 29.6 Å². The number of nitrogen functional groups attached to an aromatic ring is 1. The van der Waals surface area contributed by atoms with Gasteiger partial charge in [-0.05, 0) is 29.1 Å². The number of ether oxygens (including phenoxy) is 2. The molecular formula is C13H14N2O2S. The van der Waals surface area contributed by atoms with Crippen molar-refractivity contribution >= 4 is 17.0 Å². The monoisotopic (exact) mass is 262 g/mol. The summed E-state index contributed by atoms with van der Waals surface area (Å²) in [7, 11) is 0. The topological polar surface area (TPSA) is 56.5 Å². The third-order valence-corrected chi connectivity index (χ3v) is 3.77. The molecule has 0 bridgehead atoms. The molecule has 0 saturated carbocycles. The number of fused-ring (bicyclic) bond motifs is 1. The van der Waals surface area contributed by atoms with Gasteiger partial charge in [0.2, 0.25) is 6.79 Å². The molecule has 0 atom stereocenters. The van der Waals surface area contributed by atoms with Crippen LogP contribution < -0.4 is 20.5 Å². The van der Waals surface area contributed by atoms with Crippen molar-refractivity contribution in [1.29, 1.82) is 0 Å². The smallest absolute Gasteiger partial charge is 0.231 e. The second-order valence-corrected chi connectivity index (χ2v) is 5.09. The zero-order valence-corrected chi connectivity index (χ0v) is 10.6. The molecule has 0 saturated heterocycles. The molecule has 0 unspecified atom stereocenters. The van der Waals surface area contributed by atoms with Crippen LogP contribution in [0.25, 0.3) is 0 Å². The van der Waals surface area contributed by atoms with Crippen LogP contribution in [0.2, 0.25) is 0 Å². The van der Waals surface area contributed by atoms with E-state index >= 15 is 0 Å². The van der Waals surface area contributed by atoms with Gasteiger partial charge in [0, 0.05) is 23.7 Å². The fourth-order valence-corrected chi connectivity index (χ4v) is 2.63. The fraction of sp³-hybridized carbons (Fsp3) is 0.231. The first kappa shape index (κ1) is 11.4. The van der Waals surface area contributed by atoms with Gasteiger partial charge in [-0.2, -0.15) is 0 Å². The second-order valence-electron chi connectivity index (χ2n) is 4.09. The van der Waals surface area contributed by atoms with E-state index in [1.54, 1.807) is 11.3 Å². The molecule has 5 heteroatoms. The minimum absolute atomic E-state index is 0.317. The van der Waals surface area contributed by atoms with Gasteiger partial charge >= 0.3 is 0 Å². The molecule has 0 fully saturated rings. The maximum atomic E-state index is 5.83. The first-order valence-electron chi connectivity index (χ1n) is 5.74. The van der Waals surface area contributed by atoms with Crippen molar-refractivity contribution in [3.8, 4) is 11.5 Å². The SMILES string of the molecule is Nc1ccsc1CNCc1ccc2c(c1)OCO2. The summed E-state index contributed by atoms with van der Waals surface area (Å²) in [5.41, 5.74) is 7.86. The molecule has 1 aliphatic rings. The molecule has 3 N–H and O–H groups in total. The predicted molar refractivity (Wildman–Crippen MR) is 71.8 cm³/mol. The Bertz CT molecular complexity index is 554. The third kappa shape index (κ3) is 2.27. The fourth-order valence-electron chi connectivity index (χ4n) is 1.87. The Morgan fingerprint density at radius 1 is 1.17 bits per heavy atom. The van der Waals surface area contributed by atoms with Crippen LogP contribution in [0.1, 0.15) is 10.4 Å². The quantitative estimate of drug-likeness (QED) is 0.888. The Labute approximate surface area is 109 Å². The lowest BCUT2D eigenvalue weighted by molar-refractivity contribution is 0.174. The number of anilines is 1. The number of nitrogens with one attached hydrogen (secondary N) is 1. The van der Waals surface area contributed by atoms with E-state index in [1.807, 2.05) is 29.6 Å². The maximum Gasteiger partial charge on any atom is 0.231 e. The van der Waals surface area contributed by atoms with E-state index in [1.165, 1.54) is 10.4 Å². The van der Waals surface area contributed by atoms with Crippen LogP contribution in [0.4, 0.5) is 5.69 Å². The molecule has 94 valence electrons. The average molecular weight is 262 g/mol. The molecule has 0 spiro atoms. The highest BCUT2D eigenvalue weighted by Gasteiger charge is 2.12. The van der Waals surface area contributed by atoms with Crippen LogP contribution >= 0.6 is 11.3 Å². The number of nitrogens with two attached hydrogens (primary N) is 1. The summed E-state index contributed by atoms with van der Waals surface area (Å²) < 4.78 is 10.6. The Hall–Kier alpha value is -1.72. The van der Waals surface area contributed by atoms with E-state index in [0.29, 0.717) is 6.79 Å². The van der Waals surface area contributed by atoms with Crippen molar-refractivity contribution in [2.24, 2.45) is 0 Å². The summed E-state index contributed by atoms with van der Waals surface area (Å²) in [5, 5.41) is 5.38. The maximum absolute atomic E-state index is 5.83. The lowest BCUT2D eigenvalue weighted by Gasteiger charge is -2.05. The summed E-state index contributed by atoms with van der Waals surface area (Å²) in [6, 6.07) is 7.92. The minimum atomic E-state index is 0.317. The molecule has 18 heavy (non-hydrogen) atoms. The highest BCUT2D eigenvalue weighted by atomic mass is 32.1. The Balaban J connectivity index is 1.59.